The summed E-state index contributed by atoms with van der Waals surface area (Å²) in [6.45, 7) is 3.22. The van der Waals surface area contributed by atoms with Crippen molar-refractivity contribution < 1.29 is 9.13 Å². The molecule has 0 spiro atoms. The second-order valence-corrected chi connectivity index (χ2v) is 8.14. The van der Waals surface area contributed by atoms with Gasteiger partial charge in [-0.15, -0.1) is 0 Å². The van der Waals surface area contributed by atoms with E-state index in [0.717, 1.165) is 35.2 Å². The second-order valence-electron chi connectivity index (χ2n) is 8.14. The van der Waals surface area contributed by atoms with Gasteiger partial charge in [0.1, 0.15) is 18.5 Å². The van der Waals surface area contributed by atoms with Gasteiger partial charge in [0.15, 0.2) is 0 Å². The molecule has 3 heterocycles. The molecule has 32 heavy (non-hydrogen) atoms. The number of rotatable bonds is 7. The third-order valence-electron chi connectivity index (χ3n) is 5.89. The Morgan fingerprint density at radius 2 is 1.94 bits per heavy atom. The highest BCUT2D eigenvalue weighted by Crippen LogP contribution is 2.19. The van der Waals surface area contributed by atoms with Gasteiger partial charge >= 0.3 is 0 Å². The summed E-state index contributed by atoms with van der Waals surface area (Å²) in [5.41, 5.74) is 2.67. The predicted octanol–water partition coefficient (Wildman–Crippen LogP) is 3.81. The number of halogens is 1. The van der Waals surface area contributed by atoms with E-state index in [1.807, 2.05) is 59.4 Å². The van der Waals surface area contributed by atoms with Crippen LogP contribution in [0.3, 0.4) is 0 Å². The molecule has 0 unspecified atom stereocenters. The first kappa shape index (κ1) is 20.5. The number of nitrogens with zero attached hydrogens (tertiary/aromatic N) is 4. The average Bonchev–Trinajstić information content (AvgIpc) is 3.42. The van der Waals surface area contributed by atoms with Crippen LogP contribution in [0.5, 0.6) is 5.75 Å². The molecule has 1 fully saturated rings. The molecule has 164 valence electrons. The van der Waals surface area contributed by atoms with Crippen molar-refractivity contribution in [2.45, 2.75) is 25.7 Å². The Morgan fingerprint density at radius 1 is 1.06 bits per heavy atom. The van der Waals surface area contributed by atoms with Gasteiger partial charge in [0.25, 0.3) is 5.56 Å². The molecule has 0 bridgehead atoms. The fourth-order valence-corrected chi connectivity index (χ4v) is 4.13. The number of alkyl halides is 1. The van der Waals surface area contributed by atoms with Gasteiger partial charge in [-0.3, -0.25) is 18.9 Å². The summed E-state index contributed by atoms with van der Waals surface area (Å²) in [6, 6.07) is 19.0. The molecule has 6 nitrogen and oxygen atoms in total. The molecule has 0 amide bonds. The molecule has 1 atom stereocenters. The highest BCUT2D eigenvalue weighted by molar-refractivity contribution is 5.80. The Bertz CT molecular complexity index is 1270. The minimum Gasteiger partial charge on any atom is -0.489 e. The van der Waals surface area contributed by atoms with Crippen molar-refractivity contribution in [1.82, 2.24) is 19.2 Å². The minimum atomic E-state index is -0.708. The summed E-state index contributed by atoms with van der Waals surface area (Å²) in [4.78, 5) is 14.8. The van der Waals surface area contributed by atoms with E-state index in [0.29, 0.717) is 31.9 Å². The van der Waals surface area contributed by atoms with E-state index < -0.39 is 6.17 Å². The van der Waals surface area contributed by atoms with Crippen molar-refractivity contribution in [2.24, 2.45) is 0 Å². The van der Waals surface area contributed by atoms with Crippen molar-refractivity contribution in [3.05, 3.63) is 89.0 Å². The summed E-state index contributed by atoms with van der Waals surface area (Å²) in [5.74, 6) is 0.543. The number of fused-ring (bicyclic) bond motifs is 1. The first-order valence-corrected chi connectivity index (χ1v) is 10.9. The van der Waals surface area contributed by atoms with Crippen LogP contribution in [0.1, 0.15) is 12.0 Å². The van der Waals surface area contributed by atoms with Gasteiger partial charge in [-0.1, -0.05) is 30.3 Å². The van der Waals surface area contributed by atoms with Gasteiger partial charge in [-0.25, -0.2) is 4.39 Å². The van der Waals surface area contributed by atoms with E-state index >= 15 is 0 Å². The normalized spacial score (nSPS) is 16.6. The fourth-order valence-electron chi connectivity index (χ4n) is 4.13. The van der Waals surface area contributed by atoms with E-state index in [9.17, 15) is 9.18 Å². The Kier molecular flexibility index (Phi) is 5.73. The molecule has 0 N–H and O–H groups in total. The summed E-state index contributed by atoms with van der Waals surface area (Å²) < 4.78 is 22.7. The maximum atomic E-state index is 13.4. The zero-order chi connectivity index (χ0) is 21.9. The monoisotopic (exact) mass is 432 g/mol. The van der Waals surface area contributed by atoms with Crippen LogP contribution in [-0.4, -0.2) is 45.1 Å². The highest BCUT2D eigenvalue weighted by atomic mass is 19.1. The summed E-state index contributed by atoms with van der Waals surface area (Å²) in [7, 11) is 0. The lowest BCUT2D eigenvalue weighted by molar-refractivity contribution is 0.277. The lowest BCUT2D eigenvalue weighted by atomic mass is 10.2. The average molecular weight is 432 g/mol. The molecule has 4 aromatic rings. The molecular weight excluding hydrogens is 407 g/mol. The quantitative estimate of drug-likeness (QED) is 0.446. The number of ether oxygens (including phenoxy) is 1. The van der Waals surface area contributed by atoms with E-state index in [-0.39, 0.29) is 5.56 Å². The van der Waals surface area contributed by atoms with Gasteiger partial charge in [0, 0.05) is 43.0 Å². The summed E-state index contributed by atoms with van der Waals surface area (Å²) >= 11 is 0. The van der Waals surface area contributed by atoms with Crippen LogP contribution >= 0.6 is 0 Å². The maximum Gasteiger partial charge on any atom is 0.258 e. The number of aromatic nitrogens is 3. The van der Waals surface area contributed by atoms with Crippen LogP contribution in [-0.2, 0) is 13.2 Å². The molecule has 1 aliphatic heterocycles. The van der Waals surface area contributed by atoms with Gasteiger partial charge in [-0.2, -0.15) is 5.10 Å². The molecule has 7 heteroatoms. The summed E-state index contributed by atoms with van der Waals surface area (Å²) in [6.07, 6.45) is 3.45. The Morgan fingerprint density at radius 3 is 2.72 bits per heavy atom. The second kappa shape index (κ2) is 8.96. The van der Waals surface area contributed by atoms with E-state index in [1.54, 1.807) is 16.8 Å². The molecular formula is C25H25FN4O2. The van der Waals surface area contributed by atoms with Gasteiger partial charge in [0.05, 0.1) is 18.3 Å². The Hall–Kier alpha value is -3.45. The number of likely N-dealkylation sites (tertiary alicyclic amines) is 1. The van der Waals surface area contributed by atoms with E-state index in [4.69, 9.17) is 4.74 Å². The number of hydrogen-bond donors (Lipinski definition) is 0. The smallest absolute Gasteiger partial charge is 0.258 e. The van der Waals surface area contributed by atoms with Crippen LogP contribution in [0.2, 0.25) is 0 Å². The number of benzene rings is 2. The molecule has 2 aromatic carbocycles. The SMILES string of the molecule is O=c1cc(OCc2ccccc2)ccn1-c1ccc2c(cnn2CCN2CC[C@H](F)C2)c1. The van der Waals surface area contributed by atoms with E-state index in [1.165, 1.54) is 6.07 Å². The molecule has 1 aliphatic rings. The fraction of sp³-hybridized carbons (Fsp3) is 0.280. The van der Waals surface area contributed by atoms with Crippen LogP contribution in [0.25, 0.3) is 16.6 Å². The van der Waals surface area contributed by atoms with Gasteiger partial charge in [0.2, 0.25) is 0 Å². The first-order valence-electron chi connectivity index (χ1n) is 10.9. The Labute approximate surface area is 185 Å². The topological polar surface area (TPSA) is 52.3 Å². The van der Waals surface area contributed by atoms with Crippen LogP contribution in [0, 0.1) is 0 Å². The van der Waals surface area contributed by atoms with Crippen LogP contribution < -0.4 is 10.3 Å². The lowest BCUT2D eigenvalue weighted by Crippen LogP contribution is -2.25. The van der Waals surface area contributed by atoms with Crippen LogP contribution in [0.4, 0.5) is 4.39 Å². The standard InChI is InChI=1S/C25H25FN4O2/c26-21-8-10-28(17-21)12-13-30-24-7-6-22(14-20(24)16-27-30)29-11-9-23(15-25(29)31)32-18-19-4-2-1-3-5-19/h1-7,9,11,14-16,21H,8,10,12-13,17-18H2/t21-/m0/s1. The lowest BCUT2D eigenvalue weighted by Gasteiger charge is -2.14. The summed E-state index contributed by atoms with van der Waals surface area (Å²) in [5, 5.41) is 5.45. The molecule has 1 saturated heterocycles. The zero-order valence-corrected chi connectivity index (χ0v) is 17.7. The Balaban J connectivity index is 1.29. The highest BCUT2D eigenvalue weighted by Gasteiger charge is 2.21. The molecule has 0 aliphatic carbocycles. The van der Waals surface area contributed by atoms with Crippen molar-refractivity contribution in [2.75, 3.05) is 19.6 Å². The first-order chi connectivity index (χ1) is 15.7. The van der Waals surface area contributed by atoms with Crippen LogP contribution in [0.15, 0.2) is 77.9 Å². The van der Waals surface area contributed by atoms with Crippen molar-refractivity contribution in [1.29, 1.82) is 0 Å². The number of hydrogen-bond acceptors (Lipinski definition) is 4. The van der Waals surface area contributed by atoms with Crippen molar-refractivity contribution in [3.63, 3.8) is 0 Å². The van der Waals surface area contributed by atoms with Crippen molar-refractivity contribution >= 4 is 10.9 Å². The largest absolute Gasteiger partial charge is 0.489 e. The van der Waals surface area contributed by atoms with Crippen molar-refractivity contribution in [3.8, 4) is 11.4 Å². The molecule has 0 saturated carbocycles. The minimum absolute atomic E-state index is 0.155. The predicted molar refractivity (Wildman–Crippen MR) is 122 cm³/mol. The molecule has 0 radical (unpaired) electrons. The third kappa shape index (κ3) is 4.43. The van der Waals surface area contributed by atoms with Gasteiger partial charge < -0.3 is 4.74 Å². The zero-order valence-electron chi connectivity index (χ0n) is 17.7. The maximum absolute atomic E-state index is 13.4. The molecule has 2 aromatic heterocycles. The van der Waals surface area contributed by atoms with Gasteiger partial charge in [-0.05, 0) is 36.2 Å². The van der Waals surface area contributed by atoms with E-state index in [2.05, 4.69) is 10.00 Å². The number of pyridine rings is 1. The third-order valence-corrected chi connectivity index (χ3v) is 5.89. The molecule has 5 rings (SSSR count).